The summed E-state index contributed by atoms with van der Waals surface area (Å²) in [6.07, 6.45) is 2.88. The molecule has 118 valence electrons. The smallest absolute Gasteiger partial charge is 0.415 e. The number of rotatable bonds is 2. The average molecular weight is 320 g/mol. The van der Waals surface area contributed by atoms with E-state index in [1.165, 1.54) is 16.2 Å². The lowest BCUT2D eigenvalue weighted by Crippen LogP contribution is -2.34. The first kappa shape index (κ1) is 16.2. The van der Waals surface area contributed by atoms with Gasteiger partial charge in [0.15, 0.2) is 0 Å². The summed E-state index contributed by atoms with van der Waals surface area (Å²) < 4.78 is 5.38. The molecule has 2 heterocycles. The van der Waals surface area contributed by atoms with Crippen LogP contribution in [0, 0.1) is 6.92 Å². The zero-order valence-corrected chi connectivity index (χ0v) is 14.2. The number of nitrogens with two attached hydrogens (primary N) is 1. The summed E-state index contributed by atoms with van der Waals surface area (Å²) in [5.41, 5.74) is 7.38. The maximum absolute atomic E-state index is 12.2. The molecule has 2 N–H and O–H groups in total. The van der Waals surface area contributed by atoms with Crippen molar-refractivity contribution in [3.8, 4) is 10.6 Å². The molecule has 0 unspecified atom stereocenters. The number of nitrogens with zero attached hydrogens (tertiary/aromatic N) is 3. The van der Waals surface area contributed by atoms with E-state index in [2.05, 4.69) is 9.97 Å². The standard InChI is InChI=1S/C15H20N4O2S/c1-9-13(19(5)14(20)21-15(2,3)4)22-12(18-9)10-6-11(16)8-17-7-10/h6-8H,16H2,1-5H3. The molecule has 6 nitrogen and oxygen atoms in total. The summed E-state index contributed by atoms with van der Waals surface area (Å²) in [6, 6.07) is 1.81. The van der Waals surface area contributed by atoms with Crippen LogP contribution < -0.4 is 10.6 Å². The Kier molecular flexibility index (Phi) is 4.37. The second-order valence-corrected chi connectivity index (χ2v) is 6.93. The zero-order valence-electron chi connectivity index (χ0n) is 13.4. The SMILES string of the molecule is Cc1nc(-c2cncc(N)c2)sc1N(C)C(=O)OC(C)(C)C. The minimum atomic E-state index is -0.537. The van der Waals surface area contributed by atoms with Gasteiger partial charge in [-0.3, -0.25) is 9.88 Å². The van der Waals surface area contributed by atoms with Gasteiger partial charge in [-0.2, -0.15) is 0 Å². The first-order chi connectivity index (χ1) is 10.2. The van der Waals surface area contributed by atoms with Crippen molar-refractivity contribution >= 4 is 28.1 Å². The van der Waals surface area contributed by atoms with Crippen LogP contribution in [0.5, 0.6) is 0 Å². The van der Waals surface area contributed by atoms with E-state index in [1.54, 1.807) is 19.4 Å². The van der Waals surface area contributed by atoms with Gasteiger partial charge in [0, 0.05) is 25.0 Å². The van der Waals surface area contributed by atoms with Gasteiger partial charge in [0.1, 0.15) is 15.6 Å². The van der Waals surface area contributed by atoms with Crippen LogP contribution in [0.25, 0.3) is 10.6 Å². The Morgan fingerprint density at radius 2 is 2.05 bits per heavy atom. The van der Waals surface area contributed by atoms with Gasteiger partial charge in [-0.1, -0.05) is 11.3 Å². The fourth-order valence-electron chi connectivity index (χ4n) is 1.81. The van der Waals surface area contributed by atoms with Crippen LogP contribution in [0.1, 0.15) is 26.5 Å². The van der Waals surface area contributed by atoms with Crippen LogP contribution in [-0.2, 0) is 4.74 Å². The highest BCUT2D eigenvalue weighted by atomic mass is 32.1. The van der Waals surface area contributed by atoms with Crippen molar-refractivity contribution in [1.29, 1.82) is 0 Å². The minimum absolute atomic E-state index is 0.406. The lowest BCUT2D eigenvalue weighted by Gasteiger charge is -2.23. The molecule has 0 fully saturated rings. The molecule has 22 heavy (non-hydrogen) atoms. The van der Waals surface area contributed by atoms with Gasteiger partial charge in [-0.25, -0.2) is 9.78 Å². The Balaban J connectivity index is 2.28. The second-order valence-electron chi connectivity index (χ2n) is 5.96. The maximum Gasteiger partial charge on any atom is 0.415 e. The topological polar surface area (TPSA) is 81.3 Å². The lowest BCUT2D eigenvalue weighted by molar-refractivity contribution is 0.0590. The van der Waals surface area contributed by atoms with E-state index in [-0.39, 0.29) is 0 Å². The quantitative estimate of drug-likeness (QED) is 0.916. The van der Waals surface area contributed by atoms with Gasteiger partial charge in [0.2, 0.25) is 0 Å². The lowest BCUT2D eigenvalue weighted by atomic mass is 10.2. The number of pyridine rings is 1. The van der Waals surface area contributed by atoms with Crippen molar-refractivity contribution < 1.29 is 9.53 Å². The highest BCUT2D eigenvalue weighted by Gasteiger charge is 2.24. The number of nitrogen functional groups attached to an aromatic ring is 1. The number of hydrogen-bond donors (Lipinski definition) is 1. The fraction of sp³-hybridized carbons (Fsp3) is 0.400. The van der Waals surface area contributed by atoms with Crippen LogP contribution in [0.4, 0.5) is 15.5 Å². The summed E-state index contributed by atoms with van der Waals surface area (Å²) in [5.74, 6) is 0. The van der Waals surface area contributed by atoms with Crippen LogP contribution in [0.2, 0.25) is 0 Å². The highest BCUT2D eigenvalue weighted by molar-refractivity contribution is 7.19. The number of amides is 1. The zero-order chi connectivity index (χ0) is 16.5. The Bertz CT molecular complexity index is 691. The second kappa shape index (κ2) is 5.92. The molecular formula is C15H20N4O2S. The average Bonchev–Trinajstić information content (AvgIpc) is 2.78. The van der Waals surface area contributed by atoms with Gasteiger partial charge in [-0.15, -0.1) is 0 Å². The Morgan fingerprint density at radius 1 is 1.36 bits per heavy atom. The third kappa shape index (κ3) is 3.73. The van der Waals surface area contributed by atoms with Crippen molar-refractivity contribution in [3.63, 3.8) is 0 Å². The predicted octanol–water partition coefficient (Wildman–Crippen LogP) is 3.47. The highest BCUT2D eigenvalue weighted by Crippen LogP contribution is 2.34. The first-order valence-corrected chi connectivity index (χ1v) is 7.64. The number of ether oxygens (including phenoxy) is 1. The van der Waals surface area contributed by atoms with E-state index in [0.29, 0.717) is 5.69 Å². The third-order valence-electron chi connectivity index (χ3n) is 2.75. The molecule has 0 spiro atoms. The summed E-state index contributed by atoms with van der Waals surface area (Å²) >= 11 is 1.40. The number of carbonyl (C=O) groups excluding carboxylic acids is 1. The number of hydrogen-bond acceptors (Lipinski definition) is 6. The third-order valence-corrected chi connectivity index (χ3v) is 4.03. The van der Waals surface area contributed by atoms with Crippen molar-refractivity contribution in [2.75, 3.05) is 17.7 Å². The molecule has 0 radical (unpaired) electrons. The molecule has 1 amide bonds. The van der Waals surface area contributed by atoms with Gasteiger partial charge in [-0.05, 0) is 33.8 Å². The molecule has 0 atom stereocenters. The van der Waals surface area contributed by atoms with Crippen molar-refractivity contribution in [2.24, 2.45) is 0 Å². The molecule has 2 aromatic heterocycles. The van der Waals surface area contributed by atoms with Crippen LogP contribution in [0.15, 0.2) is 18.5 Å². The first-order valence-electron chi connectivity index (χ1n) is 6.82. The van der Waals surface area contributed by atoms with E-state index in [0.717, 1.165) is 21.3 Å². The minimum Gasteiger partial charge on any atom is -0.443 e. The monoisotopic (exact) mass is 320 g/mol. The fourth-order valence-corrected chi connectivity index (χ4v) is 2.81. The van der Waals surface area contributed by atoms with Gasteiger partial charge < -0.3 is 10.5 Å². The summed E-state index contributed by atoms with van der Waals surface area (Å²) in [7, 11) is 1.68. The molecule has 0 aliphatic carbocycles. The van der Waals surface area contributed by atoms with Crippen molar-refractivity contribution in [1.82, 2.24) is 9.97 Å². The normalized spacial score (nSPS) is 11.3. The summed E-state index contributed by atoms with van der Waals surface area (Å²) in [5, 5.41) is 1.51. The molecular weight excluding hydrogens is 300 g/mol. The molecule has 2 aromatic rings. The van der Waals surface area contributed by atoms with Gasteiger partial charge in [0.05, 0.1) is 11.4 Å². The van der Waals surface area contributed by atoms with E-state index < -0.39 is 11.7 Å². The van der Waals surface area contributed by atoms with Crippen LogP contribution >= 0.6 is 11.3 Å². The van der Waals surface area contributed by atoms with Gasteiger partial charge in [0.25, 0.3) is 0 Å². The maximum atomic E-state index is 12.2. The molecule has 0 aliphatic rings. The number of carbonyl (C=O) groups is 1. The molecule has 0 aliphatic heterocycles. The number of thiazole rings is 1. The molecule has 2 rings (SSSR count). The van der Waals surface area contributed by atoms with E-state index in [9.17, 15) is 4.79 Å². The Labute approximate surface area is 133 Å². The number of anilines is 2. The van der Waals surface area contributed by atoms with E-state index in [4.69, 9.17) is 10.5 Å². The summed E-state index contributed by atoms with van der Waals surface area (Å²) in [4.78, 5) is 22.2. The van der Waals surface area contributed by atoms with E-state index >= 15 is 0 Å². The Morgan fingerprint density at radius 3 is 2.64 bits per heavy atom. The molecule has 0 aromatic carbocycles. The largest absolute Gasteiger partial charge is 0.443 e. The molecule has 0 bridgehead atoms. The Hall–Kier alpha value is -2.15. The molecule has 0 saturated heterocycles. The molecule has 7 heteroatoms. The van der Waals surface area contributed by atoms with E-state index in [1.807, 2.05) is 33.8 Å². The predicted molar refractivity (Wildman–Crippen MR) is 89.1 cm³/mol. The van der Waals surface area contributed by atoms with Gasteiger partial charge >= 0.3 is 6.09 Å². The molecule has 0 saturated carbocycles. The van der Waals surface area contributed by atoms with Crippen LogP contribution in [0.3, 0.4) is 0 Å². The number of aromatic nitrogens is 2. The van der Waals surface area contributed by atoms with Crippen molar-refractivity contribution in [2.45, 2.75) is 33.3 Å². The van der Waals surface area contributed by atoms with Crippen molar-refractivity contribution in [3.05, 3.63) is 24.2 Å². The summed E-state index contributed by atoms with van der Waals surface area (Å²) in [6.45, 7) is 7.36. The number of aryl methyl sites for hydroxylation is 1. The van der Waals surface area contributed by atoms with Crippen LogP contribution in [-0.4, -0.2) is 28.7 Å².